The number of carboxylic acid groups (broad SMARTS) is 1. The third kappa shape index (κ3) is 3.05. The van der Waals surface area contributed by atoms with Crippen LogP contribution in [-0.2, 0) is 11.3 Å². The normalized spacial score (nSPS) is 10.6. The SMILES string of the molecule is COc1cc(OC)c2c(Oc3cnn(CC(=O)O)c3)ncnc2c1. The molecule has 9 nitrogen and oxygen atoms in total. The first-order valence-corrected chi connectivity index (χ1v) is 6.89. The van der Waals surface area contributed by atoms with Crippen molar-refractivity contribution in [2.75, 3.05) is 14.2 Å². The van der Waals surface area contributed by atoms with Crippen LogP contribution in [0.5, 0.6) is 23.1 Å². The summed E-state index contributed by atoms with van der Waals surface area (Å²) in [5.41, 5.74) is 0.592. The van der Waals surface area contributed by atoms with Crippen LogP contribution in [0, 0.1) is 0 Å². The van der Waals surface area contributed by atoms with Crippen LogP contribution < -0.4 is 14.2 Å². The summed E-state index contributed by atoms with van der Waals surface area (Å²) >= 11 is 0. The van der Waals surface area contributed by atoms with Gasteiger partial charge in [-0.2, -0.15) is 5.10 Å². The number of hydrogen-bond donors (Lipinski definition) is 1. The maximum absolute atomic E-state index is 10.7. The van der Waals surface area contributed by atoms with E-state index in [2.05, 4.69) is 15.1 Å². The number of nitrogens with zero attached hydrogens (tertiary/aromatic N) is 4. The van der Waals surface area contributed by atoms with E-state index in [0.29, 0.717) is 28.2 Å². The highest BCUT2D eigenvalue weighted by molar-refractivity contribution is 5.91. The maximum atomic E-state index is 10.7. The molecule has 0 bridgehead atoms. The Hall–Kier alpha value is -3.36. The van der Waals surface area contributed by atoms with Gasteiger partial charge in [0.15, 0.2) is 5.75 Å². The van der Waals surface area contributed by atoms with Gasteiger partial charge < -0.3 is 19.3 Å². The van der Waals surface area contributed by atoms with Crippen molar-refractivity contribution in [2.45, 2.75) is 6.54 Å². The third-order valence-corrected chi connectivity index (χ3v) is 3.22. The van der Waals surface area contributed by atoms with E-state index in [1.807, 2.05) is 0 Å². The molecule has 3 rings (SSSR count). The first kappa shape index (κ1) is 15.5. The Morgan fingerprint density at radius 2 is 2.04 bits per heavy atom. The molecule has 0 radical (unpaired) electrons. The van der Waals surface area contributed by atoms with Crippen LogP contribution in [0.25, 0.3) is 10.9 Å². The van der Waals surface area contributed by atoms with Crippen LogP contribution in [0.3, 0.4) is 0 Å². The summed E-state index contributed by atoms with van der Waals surface area (Å²) in [5, 5.41) is 13.3. The molecular weight excluding hydrogens is 316 g/mol. The van der Waals surface area contributed by atoms with E-state index < -0.39 is 5.97 Å². The van der Waals surface area contributed by atoms with E-state index in [1.165, 1.54) is 30.5 Å². The molecule has 0 spiro atoms. The predicted molar refractivity (Wildman–Crippen MR) is 82.6 cm³/mol. The highest BCUT2D eigenvalue weighted by Crippen LogP contribution is 2.36. The second kappa shape index (κ2) is 6.41. The van der Waals surface area contributed by atoms with E-state index >= 15 is 0 Å². The van der Waals surface area contributed by atoms with E-state index in [-0.39, 0.29) is 12.4 Å². The van der Waals surface area contributed by atoms with Gasteiger partial charge in [0.05, 0.1) is 32.1 Å². The number of benzene rings is 1. The molecule has 0 aliphatic rings. The third-order valence-electron chi connectivity index (χ3n) is 3.22. The van der Waals surface area contributed by atoms with Crippen molar-refractivity contribution in [1.29, 1.82) is 0 Å². The lowest BCUT2D eigenvalue weighted by Gasteiger charge is -2.11. The second-order valence-electron chi connectivity index (χ2n) is 4.77. The molecule has 124 valence electrons. The fourth-order valence-electron chi connectivity index (χ4n) is 2.19. The molecule has 0 aliphatic carbocycles. The Morgan fingerprint density at radius 3 is 2.75 bits per heavy atom. The van der Waals surface area contributed by atoms with Gasteiger partial charge in [-0.1, -0.05) is 0 Å². The summed E-state index contributed by atoms with van der Waals surface area (Å²) < 4.78 is 17.6. The molecule has 9 heteroatoms. The Kier molecular flexibility index (Phi) is 4.15. The van der Waals surface area contributed by atoms with Crippen molar-refractivity contribution in [2.24, 2.45) is 0 Å². The number of fused-ring (bicyclic) bond motifs is 1. The van der Waals surface area contributed by atoms with E-state index in [9.17, 15) is 4.79 Å². The Morgan fingerprint density at radius 1 is 1.21 bits per heavy atom. The minimum Gasteiger partial charge on any atom is -0.497 e. The summed E-state index contributed by atoms with van der Waals surface area (Å²) in [5.74, 6) is 0.727. The van der Waals surface area contributed by atoms with Crippen LogP contribution >= 0.6 is 0 Å². The molecule has 1 aromatic carbocycles. The summed E-state index contributed by atoms with van der Waals surface area (Å²) in [6, 6.07) is 3.44. The highest BCUT2D eigenvalue weighted by atomic mass is 16.5. The molecule has 0 unspecified atom stereocenters. The first-order chi connectivity index (χ1) is 11.6. The maximum Gasteiger partial charge on any atom is 0.325 e. The fourth-order valence-corrected chi connectivity index (χ4v) is 2.19. The van der Waals surface area contributed by atoms with Gasteiger partial charge >= 0.3 is 5.97 Å². The largest absolute Gasteiger partial charge is 0.497 e. The van der Waals surface area contributed by atoms with Gasteiger partial charge in [-0.25, -0.2) is 9.97 Å². The van der Waals surface area contributed by atoms with Gasteiger partial charge in [0.25, 0.3) is 0 Å². The number of hydrogen-bond acceptors (Lipinski definition) is 7. The van der Waals surface area contributed by atoms with E-state index in [0.717, 1.165) is 0 Å². The summed E-state index contributed by atoms with van der Waals surface area (Å²) in [4.78, 5) is 19.0. The molecular formula is C15H14N4O5. The Balaban J connectivity index is 2.00. The molecule has 0 atom stereocenters. The van der Waals surface area contributed by atoms with Crippen molar-refractivity contribution < 1.29 is 24.1 Å². The highest BCUT2D eigenvalue weighted by Gasteiger charge is 2.15. The number of carbonyl (C=O) groups is 1. The molecule has 0 saturated carbocycles. The number of aromatic nitrogens is 4. The first-order valence-electron chi connectivity index (χ1n) is 6.89. The van der Waals surface area contributed by atoms with Crippen LogP contribution in [0.1, 0.15) is 0 Å². The molecule has 1 N–H and O–H groups in total. The minimum atomic E-state index is -0.995. The quantitative estimate of drug-likeness (QED) is 0.727. The van der Waals surface area contributed by atoms with Crippen molar-refractivity contribution >= 4 is 16.9 Å². The van der Waals surface area contributed by atoms with Gasteiger partial charge in [-0.3, -0.25) is 9.48 Å². The standard InChI is InChI=1S/C15H14N4O5/c1-22-9-3-11-14(12(4-9)23-2)15(17-8-16-11)24-10-5-18-19(6-10)7-13(20)21/h3-6,8H,7H2,1-2H3,(H,20,21). The summed E-state index contributed by atoms with van der Waals surface area (Å²) in [6.45, 7) is -0.256. The minimum absolute atomic E-state index is 0.256. The summed E-state index contributed by atoms with van der Waals surface area (Å²) in [6.07, 6.45) is 4.24. The zero-order valence-corrected chi connectivity index (χ0v) is 13.0. The van der Waals surface area contributed by atoms with E-state index in [1.54, 1.807) is 19.2 Å². The van der Waals surface area contributed by atoms with Gasteiger partial charge in [-0.15, -0.1) is 0 Å². The van der Waals surface area contributed by atoms with Gasteiger partial charge in [0, 0.05) is 12.1 Å². The molecule has 3 aromatic rings. The second-order valence-corrected chi connectivity index (χ2v) is 4.77. The zero-order chi connectivity index (χ0) is 17.1. The molecule has 2 heterocycles. The van der Waals surface area contributed by atoms with Gasteiger partial charge in [-0.05, 0) is 0 Å². The Bertz CT molecular complexity index is 893. The number of ether oxygens (including phenoxy) is 3. The van der Waals surface area contributed by atoms with Gasteiger partial charge in [0.2, 0.25) is 5.88 Å². The average molecular weight is 330 g/mol. The molecule has 0 aliphatic heterocycles. The van der Waals surface area contributed by atoms with Crippen molar-refractivity contribution in [3.8, 4) is 23.1 Å². The van der Waals surface area contributed by atoms with Crippen molar-refractivity contribution in [3.05, 3.63) is 30.9 Å². The Labute approximate surface area is 136 Å². The smallest absolute Gasteiger partial charge is 0.325 e. The fraction of sp³-hybridized carbons (Fsp3) is 0.200. The summed E-state index contributed by atoms with van der Waals surface area (Å²) in [7, 11) is 3.08. The molecule has 0 amide bonds. The number of rotatable bonds is 6. The zero-order valence-electron chi connectivity index (χ0n) is 13.0. The van der Waals surface area contributed by atoms with Crippen LogP contribution in [0.15, 0.2) is 30.9 Å². The average Bonchev–Trinajstić information content (AvgIpc) is 3.00. The molecule has 24 heavy (non-hydrogen) atoms. The lowest BCUT2D eigenvalue weighted by Crippen LogP contribution is -2.08. The topological polar surface area (TPSA) is 109 Å². The number of carboxylic acids is 1. The lowest BCUT2D eigenvalue weighted by molar-refractivity contribution is -0.137. The number of aliphatic carboxylic acids is 1. The number of methoxy groups -OCH3 is 2. The van der Waals surface area contributed by atoms with Crippen molar-refractivity contribution in [1.82, 2.24) is 19.7 Å². The van der Waals surface area contributed by atoms with Gasteiger partial charge in [0.1, 0.15) is 29.8 Å². The van der Waals surface area contributed by atoms with Crippen LogP contribution in [0.2, 0.25) is 0 Å². The predicted octanol–water partition coefficient (Wildman–Crippen LogP) is 1.72. The molecule has 0 fully saturated rings. The van der Waals surface area contributed by atoms with Crippen LogP contribution in [0.4, 0.5) is 0 Å². The monoisotopic (exact) mass is 330 g/mol. The van der Waals surface area contributed by atoms with Crippen molar-refractivity contribution in [3.63, 3.8) is 0 Å². The molecule has 2 aromatic heterocycles. The van der Waals surface area contributed by atoms with Crippen LogP contribution in [-0.4, -0.2) is 45.0 Å². The van der Waals surface area contributed by atoms with E-state index in [4.69, 9.17) is 19.3 Å². The molecule has 0 saturated heterocycles. The lowest BCUT2D eigenvalue weighted by atomic mass is 10.2.